The van der Waals surface area contributed by atoms with E-state index in [4.69, 9.17) is 34.5 Å². The van der Waals surface area contributed by atoms with Gasteiger partial charge in [-0.15, -0.1) is 0 Å². The van der Waals surface area contributed by atoms with Crippen LogP contribution in [-0.2, 0) is 32.2 Å². The van der Waals surface area contributed by atoms with E-state index in [9.17, 15) is 9.13 Å². The summed E-state index contributed by atoms with van der Waals surface area (Å²) in [4.78, 5) is 20.6. The van der Waals surface area contributed by atoms with Gasteiger partial charge in [0.25, 0.3) is 0 Å². The molecule has 44 heavy (non-hydrogen) atoms. The molecular formula is C22H26BF2N9O7P2S. The SMILES string of the molecule is B[P@]1(=O)C[C@H]2[C@@H](F)[C@H](n3cnc4c(N)ncnc43)O[C@@H]2CO[P@@](=O)(S)O[C@H]2[C@@H](F)[C@H](n3cnc4c(N)ccnc43)O[C@@H]2CO1. The van der Waals surface area contributed by atoms with Gasteiger partial charge in [0.2, 0.25) is 7.57 Å². The first-order chi connectivity index (χ1) is 20.9. The van der Waals surface area contributed by atoms with E-state index < -0.39 is 76.3 Å². The smallest absolute Gasteiger partial charge is 0.386 e. The third-order valence-corrected chi connectivity index (χ3v) is 11.3. The summed E-state index contributed by atoms with van der Waals surface area (Å²) >= 11 is 4.06. The lowest BCUT2D eigenvalue weighted by Crippen LogP contribution is -2.35. The molecule has 0 aromatic carbocycles. The standard InChI is InChI=1S/C22H26BF2N9O7P2S/c23-42(35)5-9-11(39-21(13(9)24)34-8-32-16-18(27)29-6-30-20(16)34)3-38-43(36,44)41-17-12(4-37-42)40-22(14(17)25)33-7-31-15-10(26)1-2-28-19(15)33/h1-2,6-9,11-14,17,21-22H,3-5,23H2,(H2,26,28)(H,36,44)(H2,27,29,30)/t9-,11-,12-,13-,14-,17-,21-,22-,42+,43-/m1/s1. The van der Waals surface area contributed by atoms with Gasteiger partial charge >= 0.3 is 6.80 Å². The zero-order valence-corrected chi connectivity index (χ0v) is 25.6. The van der Waals surface area contributed by atoms with Crippen molar-refractivity contribution in [3.8, 4) is 0 Å². The van der Waals surface area contributed by atoms with Crippen molar-refractivity contribution in [2.24, 2.45) is 5.92 Å². The highest BCUT2D eigenvalue weighted by atomic mass is 32.7. The summed E-state index contributed by atoms with van der Waals surface area (Å²) in [6, 6.07) is 1.55. The van der Waals surface area contributed by atoms with Gasteiger partial charge in [-0.25, -0.2) is 38.3 Å². The third-order valence-electron chi connectivity index (χ3n) is 7.88. The molecule has 0 unspecified atom stereocenters. The van der Waals surface area contributed by atoms with Crippen molar-refractivity contribution in [1.29, 1.82) is 0 Å². The lowest BCUT2D eigenvalue weighted by atomic mass is 10.0. The fourth-order valence-corrected chi connectivity index (χ4v) is 9.02. The van der Waals surface area contributed by atoms with Crippen molar-refractivity contribution >= 4 is 67.7 Å². The Kier molecular flexibility index (Phi) is 7.48. The number of fused-ring (bicyclic) bond motifs is 4. The Morgan fingerprint density at radius 1 is 0.909 bits per heavy atom. The predicted molar refractivity (Wildman–Crippen MR) is 157 cm³/mol. The van der Waals surface area contributed by atoms with Crippen LogP contribution in [0.2, 0.25) is 0 Å². The zero-order chi connectivity index (χ0) is 31.0. The lowest BCUT2D eigenvalue weighted by molar-refractivity contribution is -0.0448. The van der Waals surface area contributed by atoms with E-state index in [-0.39, 0.29) is 28.8 Å². The third kappa shape index (κ3) is 5.20. The Bertz CT molecular complexity index is 1710. The number of ether oxygens (including phenoxy) is 2. The minimum atomic E-state index is -4.30. The average molecular weight is 671 g/mol. The second kappa shape index (κ2) is 11.0. The van der Waals surface area contributed by atoms with Crippen LogP contribution in [0.3, 0.4) is 0 Å². The maximum Gasteiger partial charge on any atom is 0.386 e. The molecule has 7 heterocycles. The van der Waals surface area contributed by atoms with Crippen molar-refractivity contribution in [2.45, 2.75) is 43.1 Å². The zero-order valence-electron chi connectivity index (χ0n) is 22.9. The minimum Gasteiger partial charge on any atom is -0.397 e. The molecule has 0 spiro atoms. The Labute approximate surface area is 253 Å². The molecule has 4 aromatic rings. The first kappa shape index (κ1) is 30.0. The summed E-state index contributed by atoms with van der Waals surface area (Å²) in [6.45, 7) is -5.23. The highest BCUT2D eigenvalue weighted by Crippen LogP contribution is 2.58. The number of rotatable bonds is 2. The van der Waals surface area contributed by atoms with Crippen molar-refractivity contribution in [2.75, 3.05) is 30.8 Å². The monoisotopic (exact) mass is 671 g/mol. The molecule has 234 valence electrons. The number of thiol groups is 1. The van der Waals surface area contributed by atoms with Crippen LogP contribution in [0.25, 0.3) is 22.3 Å². The number of anilines is 2. The molecule has 4 N–H and O–H groups in total. The van der Waals surface area contributed by atoms with Crippen molar-refractivity contribution in [3.05, 3.63) is 31.2 Å². The second-order valence-electron chi connectivity index (χ2n) is 10.8. The van der Waals surface area contributed by atoms with E-state index >= 15 is 8.78 Å². The largest absolute Gasteiger partial charge is 0.397 e. The van der Waals surface area contributed by atoms with E-state index in [1.165, 1.54) is 41.9 Å². The molecule has 22 heteroatoms. The Morgan fingerprint density at radius 2 is 1.57 bits per heavy atom. The Morgan fingerprint density at radius 3 is 2.34 bits per heavy atom. The average Bonchev–Trinajstić information content (AvgIpc) is 3.73. The summed E-state index contributed by atoms with van der Waals surface area (Å²) in [5, 5.41) is 0. The summed E-state index contributed by atoms with van der Waals surface area (Å²) in [5.41, 5.74) is 13.2. The lowest BCUT2D eigenvalue weighted by Gasteiger charge is -2.28. The maximum atomic E-state index is 16.1. The number of nitrogens with zero attached hydrogens (tertiary/aromatic N) is 7. The molecule has 3 fully saturated rings. The molecule has 0 aliphatic carbocycles. The molecule has 4 aromatic heterocycles. The van der Waals surface area contributed by atoms with Gasteiger partial charge < -0.3 is 30.0 Å². The number of nitrogen functional groups attached to an aromatic ring is 2. The van der Waals surface area contributed by atoms with Gasteiger partial charge in [-0.05, 0) is 6.07 Å². The number of hydrogen-bond donors (Lipinski definition) is 3. The van der Waals surface area contributed by atoms with Gasteiger partial charge in [-0.1, -0.05) is 12.2 Å². The van der Waals surface area contributed by atoms with Gasteiger partial charge in [-0.3, -0.25) is 18.2 Å². The van der Waals surface area contributed by atoms with E-state index in [0.29, 0.717) is 11.2 Å². The predicted octanol–water partition coefficient (Wildman–Crippen LogP) is 1.82. The van der Waals surface area contributed by atoms with Crippen LogP contribution < -0.4 is 11.5 Å². The van der Waals surface area contributed by atoms with Crippen LogP contribution in [0.4, 0.5) is 20.3 Å². The first-order valence-electron chi connectivity index (χ1n) is 13.4. The molecule has 0 amide bonds. The molecule has 0 saturated carbocycles. The van der Waals surface area contributed by atoms with Gasteiger partial charge in [0.15, 0.2) is 49.2 Å². The van der Waals surface area contributed by atoms with Gasteiger partial charge in [0.1, 0.15) is 29.6 Å². The fraction of sp³-hybridized carbons (Fsp3) is 0.500. The van der Waals surface area contributed by atoms with Crippen molar-refractivity contribution in [1.82, 2.24) is 34.1 Å². The summed E-state index contributed by atoms with van der Waals surface area (Å²) < 4.78 is 90.7. The molecular weight excluding hydrogens is 645 g/mol. The van der Waals surface area contributed by atoms with E-state index in [1.54, 1.807) is 6.07 Å². The molecule has 16 nitrogen and oxygen atoms in total. The molecule has 10 atom stereocenters. The van der Waals surface area contributed by atoms with E-state index in [1.807, 2.05) is 0 Å². The van der Waals surface area contributed by atoms with Crippen LogP contribution in [0, 0.1) is 5.92 Å². The summed E-state index contributed by atoms with van der Waals surface area (Å²) in [5.74, 6) is -0.949. The molecule has 3 aliphatic heterocycles. The minimum absolute atomic E-state index is 0.0967. The maximum absolute atomic E-state index is 16.1. The molecule has 0 radical (unpaired) electrons. The number of hydrogen-bond acceptors (Lipinski definition) is 14. The highest BCUT2D eigenvalue weighted by molar-refractivity contribution is 8.44. The van der Waals surface area contributed by atoms with Crippen LogP contribution in [0.15, 0.2) is 31.2 Å². The summed E-state index contributed by atoms with van der Waals surface area (Å²) in [6.07, 6.45) is -5.14. The van der Waals surface area contributed by atoms with Crippen LogP contribution in [0.5, 0.6) is 0 Å². The number of aromatic nitrogens is 7. The normalized spacial score (nSPS) is 38.2. The number of pyridine rings is 1. The second-order valence-corrected chi connectivity index (χ2v) is 16.3. The van der Waals surface area contributed by atoms with Gasteiger partial charge in [0.05, 0.1) is 37.7 Å². The van der Waals surface area contributed by atoms with Crippen molar-refractivity contribution in [3.63, 3.8) is 0 Å². The van der Waals surface area contributed by atoms with E-state index in [2.05, 4.69) is 37.2 Å². The number of imidazole rings is 2. The van der Waals surface area contributed by atoms with Crippen molar-refractivity contribution < 1.29 is 41.0 Å². The van der Waals surface area contributed by atoms with E-state index in [0.717, 1.165) is 0 Å². The quantitative estimate of drug-likeness (QED) is 0.158. The number of alkyl halides is 2. The number of nitrogens with two attached hydrogens (primary N) is 2. The van der Waals surface area contributed by atoms with Crippen LogP contribution in [-0.4, -0.2) is 91.7 Å². The first-order valence-corrected chi connectivity index (χ1v) is 18.3. The summed E-state index contributed by atoms with van der Waals surface area (Å²) in [7, 11) is -2.23. The Balaban J connectivity index is 1.17. The van der Waals surface area contributed by atoms with Gasteiger partial charge in [-0.2, -0.15) is 0 Å². The molecule has 3 saturated heterocycles. The van der Waals surface area contributed by atoms with Gasteiger partial charge in [0, 0.05) is 18.3 Å². The fourth-order valence-electron chi connectivity index (χ4n) is 5.76. The topological polar surface area (TPSA) is 207 Å². The molecule has 0 bridgehead atoms. The molecule has 3 aliphatic rings. The van der Waals surface area contributed by atoms with Crippen LogP contribution in [0.1, 0.15) is 12.5 Å². The molecule has 7 rings (SSSR count). The highest BCUT2D eigenvalue weighted by Gasteiger charge is 2.53. The van der Waals surface area contributed by atoms with Crippen LogP contribution >= 0.6 is 26.3 Å². The Hall–Kier alpha value is -2.70. The number of halogens is 2.